The van der Waals surface area contributed by atoms with Gasteiger partial charge in [-0.1, -0.05) is 0 Å². The highest BCUT2D eigenvalue weighted by Crippen LogP contribution is 2.25. The molecule has 0 aliphatic carbocycles. The Bertz CT molecular complexity index is 1030. The number of aromatic nitrogens is 1. The maximum Gasteiger partial charge on any atom is 0.408 e. The molecule has 7 nitrogen and oxygen atoms in total. The first-order valence-corrected chi connectivity index (χ1v) is 8.69. The Balaban J connectivity index is 2.33. The molecule has 30 heavy (non-hydrogen) atoms. The predicted octanol–water partition coefficient (Wildman–Crippen LogP) is 2.87. The van der Waals surface area contributed by atoms with Crippen molar-refractivity contribution >= 4 is 29.0 Å². The SMILES string of the molecule is Cc1c(C(=O)Nc2ccc(F)c(N)c2)c(C)n(C)c1C(=O)C(=O)NC(C)C(F)(F)F. The van der Waals surface area contributed by atoms with Gasteiger partial charge in [0.2, 0.25) is 0 Å². The van der Waals surface area contributed by atoms with Crippen LogP contribution in [0.4, 0.5) is 28.9 Å². The fourth-order valence-electron chi connectivity index (χ4n) is 2.90. The van der Waals surface area contributed by atoms with Crippen LogP contribution in [0.5, 0.6) is 0 Å². The third-order valence-corrected chi connectivity index (χ3v) is 4.67. The molecule has 1 aromatic carbocycles. The Morgan fingerprint density at radius 2 is 1.77 bits per heavy atom. The number of halogens is 4. The number of ketones is 1. The van der Waals surface area contributed by atoms with Gasteiger partial charge in [0, 0.05) is 18.4 Å². The fourth-order valence-corrected chi connectivity index (χ4v) is 2.90. The minimum atomic E-state index is -4.71. The van der Waals surface area contributed by atoms with Gasteiger partial charge in [0.25, 0.3) is 17.6 Å². The zero-order valence-electron chi connectivity index (χ0n) is 16.6. The van der Waals surface area contributed by atoms with E-state index in [1.807, 2.05) is 0 Å². The molecule has 2 rings (SSSR count). The van der Waals surface area contributed by atoms with Crippen molar-refractivity contribution in [1.29, 1.82) is 0 Å². The number of nitrogens with zero attached hydrogens (tertiary/aromatic N) is 1. The van der Waals surface area contributed by atoms with Crippen molar-refractivity contribution in [3.05, 3.63) is 46.5 Å². The molecule has 1 atom stereocenters. The number of hydrogen-bond donors (Lipinski definition) is 3. The molecule has 0 saturated carbocycles. The Morgan fingerprint density at radius 1 is 1.17 bits per heavy atom. The maximum absolute atomic E-state index is 13.3. The number of nitrogens with two attached hydrogens (primary N) is 1. The van der Waals surface area contributed by atoms with E-state index in [0.29, 0.717) is 12.6 Å². The number of rotatable bonds is 5. The Labute approximate surface area is 169 Å². The van der Waals surface area contributed by atoms with E-state index >= 15 is 0 Å². The zero-order valence-corrected chi connectivity index (χ0v) is 16.6. The second-order valence-electron chi connectivity index (χ2n) is 6.75. The van der Waals surface area contributed by atoms with Crippen LogP contribution >= 0.6 is 0 Å². The lowest BCUT2D eigenvalue weighted by Crippen LogP contribution is -2.46. The molecule has 0 fully saturated rings. The van der Waals surface area contributed by atoms with Gasteiger partial charge in [0.15, 0.2) is 0 Å². The van der Waals surface area contributed by atoms with Crippen molar-refractivity contribution in [2.45, 2.75) is 33.0 Å². The lowest BCUT2D eigenvalue weighted by molar-refractivity contribution is -0.156. The highest BCUT2D eigenvalue weighted by molar-refractivity contribution is 6.43. The van der Waals surface area contributed by atoms with Gasteiger partial charge in [-0.3, -0.25) is 14.4 Å². The quantitative estimate of drug-likeness (QED) is 0.295. The lowest BCUT2D eigenvalue weighted by atomic mass is 10.1. The molecule has 0 radical (unpaired) electrons. The van der Waals surface area contributed by atoms with Crippen molar-refractivity contribution in [3.63, 3.8) is 0 Å². The van der Waals surface area contributed by atoms with Crippen LogP contribution in [-0.4, -0.2) is 34.4 Å². The van der Waals surface area contributed by atoms with Crippen molar-refractivity contribution in [2.24, 2.45) is 7.05 Å². The van der Waals surface area contributed by atoms with E-state index in [9.17, 15) is 31.9 Å². The van der Waals surface area contributed by atoms with Crippen molar-refractivity contribution in [1.82, 2.24) is 9.88 Å². The minimum Gasteiger partial charge on any atom is -0.396 e. The normalized spacial score (nSPS) is 12.4. The van der Waals surface area contributed by atoms with E-state index in [1.165, 1.54) is 37.6 Å². The summed E-state index contributed by atoms with van der Waals surface area (Å²) in [6.45, 7) is 3.62. The molecule has 11 heteroatoms. The Hall–Kier alpha value is -3.37. The van der Waals surface area contributed by atoms with Crippen LogP contribution in [0.3, 0.4) is 0 Å². The molecule has 1 aromatic heterocycles. The highest BCUT2D eigenvalue weighted by atomic mass is 19.4. The maximum atomic E-state index is 13.3. The van der Waals surface area contributed by atoms with E-state index < -0.39 is 35.6 Å². The molecule has 0 spiro atoms. The number of carbonyl (C=O) groups is 3. The number of nitrogens with one attached hydrogen (secondary N) is 2. The summed E-state index contributed by atoms with van der Waals surface area (Å²) in [5, 5.41) is 4.11. The number of anilines is 2. The molecule has 2 aromatic rings. The first-order chi connectivity index (χ1) is 13.8. The second kappa shape index (κ2) is 8.17. The molecule has 4 N–H and O–H groups in total. The summed E-state index contributed by atoms with van der Waals surface area (Å²) in [6, 6.07) is 1.34. The molecule has 0 saturated heterocycles. The van der Waals surface area contributed by atoms with Gasteiger partial charge in [0.05, 0.1) is 16.9 Å². The van der Waals surface area contributed by atoms with Gasteiger partial charge < -0.3 is 20.9 Å². The molecule has 0 aliphatic rings. The Kier molecular flexibility index (Phi) is 6.24. The summed E-state index contributed by atoms with van der Waals surface area (Å²) in [4.78, 5) is 37.2. The van der Waals surface area contributed by atoms with Crippen LogP contribution in [0.2, 0.25) is 0 Å². The predicted molar refractivity (Wildman–Crippen MR) is 102 cm³/mol. The van der Waals surface area contributed by atoms with Gasteiger partial charge in [-0.25, -0.2) is 4.39 Å². The zero-order chi connectivity index (χ0) is 23.0. The van der Waals surface area contributed by atoms with Gasteiger partial charge >= 0.3 is 6.18 Å². The number of Topliss-reactive ketones (excluding diaryl/α,β-unsaturated/α-hetero) is 1. The topological polar surface area (TPSA) is 106 Å². The standard InChI is InChI=1S/C19H20F4N4O3/c1-8-14(17(29)26-11-5-6-12(20)13(24)7-11)9(2)27(4)15(8)16(28)18(30)25-10(3)19(21,22)23/h5-7,10H,24H2,1-4H3,(H,25,30)(H,26,29). The summed E-state index contributed by atoms with van der Waals surface area (Å²) in [7, 11) is 1.41. The fraction of sp³-hybridized carbons (Fsp3) is 0.316. The minimum absolute atomic E-state index is 0.0559. The van der Waals surface area contributed by atoms with Crippen LogP contribution < -0.4 is 16.4 Å². The third-order valence-electron chi connectivity index (χ3n) is 4.67. The monoisotopic (exact) mass is 428 g/mol. The average Bonchev–Trinajstić information content (AvgIpc) is 2.85. The van der Waals surface area contributed by atoms with Crippen LogP contribution in [0.25, 0.3) is 0 Å². The number of amides is 2. The molecular weight excluding hydrogens is 408 g/mol. The van der Waals surface area contributed by atoms with Crippen LogP contribution in [0.1, 0.15) is 39.0 Å². The average molecular weight is 428 g/mol. The summed E-state index contributed by atoms with van der Waals surface area (Å²) >= 11 is 0. The molecule has 162 valence electrons. The summed E-state index contributed by atoms with van der Waals surface area (Å²) in [5.41, 5.74) is 5.74. The van der Waals surface area contributed by atoms with Crippen molar-refractivity contribution in [2.75, 3.05) is 11.1 Å². The van der Waals surface area contributed by atoms with Gasteiger partial charge in [-0.15, -0.1) is 0 Å². The van der Waals surface area contributed by atoms with Crippen LogP contribution in [0, 0.1) is 19.7 Å². The smallest absolute Gasteiger partial charge is 0.396 e. The molecule has 0 aliphatic heterocycles. The van der Waals surface area contributed by atoms with E-state index in [1.54, 1.807) is 5.32 Å². The number of alkyl halides is 3. The lowest BCUT2D eigenvalue weighted by Gasteiger charge is -2.16. The van der Waals surface area contributed by atoms with Crippen LogP contribution in [0.15, 0.2) is 18.2 Å². The second-order valence-corrected chi connectivity index (χ2v) is 6.75. The summed E-state index contributed by atoms with van der Waals surface area (Å²) < 4.78 is 52.5. The number of benzene rings is 1. The first-order valence-electron chi connectivity index (χ1n) is 8.69. The van der Waals surface area contributed by atoms with Gasteiger partial charge in [-0.05, 0) is 44.5 Å². The largest absolute Gasteiger partial charge is 0.408 e. The molecular formula is C19H20F4N4O3. The van der Waals surface area contributed by atoms with Crippen molar-refractivity contribution in [3.8, 4) is 0 Å². The van der Waals surface area contributed by atoms with Gasteiger partial charge in [0.1, 0.15) is 11.9 Å². The molecule has 0 bridgehead atoms. The van der Waals surface area contributed by atoms with E-state index in [2.05, 4.69) is 5.32 Å². The molecule has 1 unspecified atom stereocenters. The van der Waals surface area contributed by atoms with Gasteiger partial charge in [-0.2, -0.15) is 13.2 Å². The van der Waals surface area contributed by atoms with Crippen LogP contribution in [-0.2, 0) is 11.8 Å². The van der Waals surface area contributed by atoms with E-state index in [0.717, 1.165) is 6.07 Å². The molecule has 2 amide bonds. The number of hydrogen-bond acceptors (Lipinski definition) is 4. The van der Waals surface area contributed by atoms with E-state index in [-0.39, 0.29) is 28.2 Å². The number of nitrogen functional groups attached to an aromatic ring is 1. The highest BCUT2D eigenvalue weighted by Gasteiger charge is 2.39. The molecule has 1 heterocycles. The Morgan fingerprint density at radius 3 is 2.30 bits per heavy atom. The number of carbonyl (C=O) groups excluding carboxylic acids is 3. The van der Waals surface area contributed by atoms with Crippen molar-refractivity contribution < 1.29 is 31.9 Å². The van der Waals surface area contributed by atoms with E-state index in [4.69, 9.17) is 5.73 Å². The summed E-state index contributed by atoms with van der Waals surface area (Å²) in [6.07, 6.45) is -4.71. The third kappa shape index (κ3) is 4.44. The first kappa shape index (κ1) is 22.9. The summed E-state index contributed by atoms with van der Waals surface area (Å²) in [5.74, 6) is -3.97.